The maximum atomic E-state index is 13.1. The molecule has 45 heavy (non-hydrogen) atoms. The van der Waals surface area contributed by atoms with Gasteiger partial charge in [0.25, 0.3) is 0 Å². The summed E-state index contributed by atoms with van der Waals surface area (Å²) in [6.45, 7) is 6.59. The predicted molar refractivity (Wildman–Crippen MR) is 176 cm³/mol. The Balaban J connectivity index is 1.59. The summed E-state index contributed by atoms with van der Waals surface area (Å²) >= 11 is 0. The molecule has 4 rings (SSSR count). The van der Waals surface area contributed by atoms with Gasteiger partial charge in [0.2, 0.25) is 5.91 Å². The molecule has 1 fully saturated rings. The number of nitrogens with two attached hydrogens (primary N) is 2. The number of benzene rings is 3. The van der Waals surface area contributed by atoms with E-state index < -0.39 is 30.6 Å². The van der Waals surface area contributed by atoms with Crippen molar-refractivity contribution in [3.8, 4) is 0 Å². The zero-order valence-corrected chi connectivity index (χ0v) is 25.9. The van der Waals surface area contributed by atoms with E-state index in [1.807, 2.05) is 66.7 Å². The van der Waals surface area contributed by atoms with Gasteiger partial charge in [-0.3, -0.25) is 9.79 Å². The Morgan fingerprint density at radius 3 is 2.58 bits per heavy atom. The summed E-state index contributed by atoms with van der Waals surface area (Å²) in [5.41, 5.74) is 14.9. The number of amides is 1. The Hall–Kier alpha value is -4.06. The molecule has 1 aliphatic heterocycles. The van der Waals surface area contributed by atoms with Crippen molar-refractivity contribution in [1.29, 1.82) is 0 Å². The fourth-order valence-electron chi connectivity index (χ4n) is 5.31. The number of hydrogen-bond donors (Lipinski definition) is 4. The molecule has 0 spiro atoms. The third kappa shape index (κ3) is 9.46. The average Bonchev–Trinajstić information content (AvgIpc) is 3.04. The minimum atomic E-state index is -1.13. The third-order valence-corrected chi connectivity index (χ3v) is 7.68. The highest BCUT2D eigenvalue weighted by Gasteiger charge is 2.47. The monoisotopic (exact) mass is 616 g/mol. The number of carbonyl (C=O) groups excluding carboxylic acids is 1. The molecule has 0 aromatic heterocycles. The second-order valence-corrected chi connectivity index (χ2v) is 10.9. The first-order valence-corrected chi connectivity index (χ1v) is 15.1. The molecule has 1 aliphatic rings. The molecule has 6 N–H and O–H groups in total. The van der Waals surface area contributed by atoms with Crippen molar-refractivity contribution in [3.05, 3.63) is 102 Å². The number of carbonyl (C=O) groups is 1. The van der Waals surface area contributed by atoms with E-state index >= 15 is 0 Å². The largest absolute Gasteiger partial charge is 0.388 e. The molecule has 1 saturated heterocycles. The fraction of sp³-hybridized carbons (Fsp3) is 0.371. The van der Waals surface area contributed by atoms with Crippen LogP contribution in [0.2, 0.25) is 0 Å². The van der Waals surface area contributed by atoms with Gasteiger partial charge in [-0.25, -0.2) is 0 Å². The Morgan fingerprint density at radius 2 is 1.84 bits per heavy atom. The molecule has 0 radical (unpaired) electrons. The van der Waals surface area contributed by atoms with E-state index in [1.54, 1.807) is 6.08 Å². The van der Waals surface area contributed by atoms with Gasteiger partial charge < -0.3 is 40.8 Å². The van der Waals surface area contributed by atoms with Crippen molar-refractivity contribution >= 4 is 28.7 Å². The van der Waals surface area contributed by atoms with E-state index in [9.17, 15) is 9.90 Å². The van der Waals surface area contributed by atoms with E-state index in [-0.39, 0.29) is 44.7 Å². The summed E-state index contributed by atoms with van der Waals surface area (Å²) < 4.78 is 24.2. The van der Waals surface area contributed by atoms with E-state index in [0.717, 1.165) is 33.9 Å². The first kappa shape index (κ1) is 33.8. The number of nitrogens with one attached hydrogen (secondary N) is 1. The molecule has 10 heteroatoms. The molecule has 3 aromatic rings. The van der Waals surface area contributed by atoms with Crippen molar-refractivity contribution in [2.75, 3.05) is 26.9 Å². The molecule has 5 atom stereocenters. The van der Waals surface area contributed by atoms with Gasteiger partial charge in [-0.1, -0.05) is 80.2 Å². The van der Waals surface area contributed by atoms with Crippen LogP contribution in [0.5, 0.6) is 0 Å². The minimum absolute atomic E-state index is 0.0156. The maximum Gasteiger partial charge on any atom is 0.222 e. The minimum Gasteiger partial charge on any atom is -0.388 e. The van der Waals surface area contributed by atoms with Crippen LogP contribution < -0.4 is 16.8 Å². The number of methoxy groups -OCH3 is 1. The number of aliphatic imine (C=N–C) groups is 1. The molecule has 0 aliphatic carbocycles. The Morgan fingerprint density at radius 1 is 1.09 bits per heavy atom. The Bertz CT molecular complexity index is 1490. The van der Waals surface area contributed by atoms with E-state index in [4.69, 9.17) is 30.4 Å². The lowest BCUT2D eigenvalue weighted by atomic mass is 9.96. The molecule has 0 saturated carbocycles. The van der Waals surface area contributed by atoms with Crippen molar-refractivity contribution in [2.45, 2.75) is 57.0 Å². The average molecular weight is 617 g/mol. The van der Waals surface area contributed by atoms with Crippen molar-refractivity contribution in [3.63, 3.8) is 0 Å². The highest BCUT2D eigenvalue weighted by Crippen LogP contribution is 2.27. The van der Waals surface area contributed by atoms with Crippen LogP contribution in [0.1, 0.15) is 30.0 Å². The summed E-state index contributed by atoms with van der Waals surface area (Å²) in [5, 5.41) is 16.5. The number of nitrogens with zero attached hydrogens (tertiary/aromatic N) is 1. The topological polar surface area (TPSA) is 151 Å². The number of aryl methyl sites for hydroxylation is 1. The van der Waals surface area contributed by atoms with Crippen LogP contribution >= 0.6 is 0 Å². The second kappa shape index (κ2) is 16.9. The highest BCUT2D eigenvalue weighted by atomic mass is 16.7. The third-order valence-electron chi connectivity index (χ3n) is 7.68. The molecule has 10 nitrogen and oxygen atoms in total. The predicted octanol–water partition coefficient (Wildman–Crippen LogP) is 3.45. The maximum absolute atomic E-state index is 13.1. The number of ether oxygens (including phenoxy) is 4. The Labute approximate surface area is 264 Å². The highest BCUT2D eigenvalue weighted by molar-refractivity contribution is 5.83. The molecule has 0 bridgehead atoms. The number of guanidine groups is 1. The number of hydrogen-bond acceptors (Lipinski definition) is 7. The molecular formula is C35H44N4O6. The molecular weight excluding hydrogens is 572 g/mol. The standard InChI is InChI=1S/C35H44N4O6/c1-4-23(18-27-12-8-6-10-25(27)5-2)20-44-34-31(39-30(40)16-17-38-35(36)37)33(32(41)29(45-34)22-42-3)43-21-24-14-15-26-11-7-9-13-28(26)19-24/h4,6-15,18-19,29,31-34,41H,1,5,16-17,20-22H2,2-3H3,(H,39,40)(H4,36,37,38)/b23-18+/t29?,31-,32-,33+,34?/m1/s1. The van der Waals surface area contributed by atoms with Crippen LogP contribution in [0.3, 0.4) is 0 Å². The lowest BCUT2D eigenvalue weighted by Gasteiger charge is -2.44. The van der Waals surface area contributed by atoms with E-state index in [2.05, 4.69) is 29.9 Å². The van der Waals surface area contributed by atoms with Crippen molar-refractivity contribution in [1.82, 2.24) is 5.32 Å². The molecule has 3 aromatic carbocycles. The van der Waals surface area contributed by atoms with Crippen LogP contribution in [0.25, 0.3) is 16.8 Å². The van der Waals surface area contributed by atoms with Crippen LogP contribution in [0.15, 0.2) is 90.0 Å². The number of aliphatic hydroxyl groups excluding tert-OH is 1. The van der Waals surface area contributed by atoms with E-state index in [1.165, 1.54) is 12.7 Å². The van der Waals surface area contributed by atoms with Gasteiger partial charge in [0.15, 0.2) is 12.2 Å². The summed E-state index contributed by atoms with van der Waals surface area (Å²) in [5.74, 6) is -0.455. The lowest BCUT2D eigenvalue weighted by molar-refractivity contribution is -0.277. The van der Waals surface area contributed by atoms with Crippen LogP contribution in [0.4, 0.5) is 0 Å². The molecule has 1 heterocycles. The quantitative estimate of drug-likeness (QED) is 0.115. The van der Waals surface area contributed by atoms with Gasteiger partial charge in [0.05, 0.1) is 26.4 Å². The van der Waals surface area contributed by atoms with Gasteiger partial charge in [-0.15, -0.1) is 0 Å². The zero-order chi connectivity index (χ0) is 32.2. The zero-order valence-electron chi connectivity index (χ0n) is 25.9. The van der Waals surface area contributed by atoms with Crippen LogP contribution in [-0.4, -0.2) is 74.5 Å². The van der Waals surface area contributed by atoms with Gasteiger partial charge in [0.1, 0.15) is 24.4 Å². The number of rotatable bonds is 15. The first-order chi connectivity index (χ1) is 21.8. The smallest absolute Gasteiger partial charge is 0.222 e. The van der Waals surface area contributed by atoms with Crippen molar-refractivity contribution in [2.24, 2.45) is 16.5 Å². The van der Waals surface area contributed by atoms with Gasteiger partial charge >= 0.3 is 0 Å². The SMILES string of the molecule is C=C/C(=C\c1ccccc1CC)COC1OC(COC)[C@@H](O)[C@@H](OCc2ccc3ccccc3c2)[C@H]1NC(=O)CCN=C(N)N. The first-order valence-electron chi connectivity index (χ1n) is 15.1. The Kier molecular flexibility index (Phi) is 12.7. The van der Waals surface area contributed by atoms with Gasteiger partial charge in [-0.05, 0) is 51.6 Å². The summed E-state index contributed by atoms with van der Waals surface area (Å²) in [4.78, 5) is 17.0. The molecule has 2 unspecified atom stereocenters. The van der Waals surface area contributed by atoms with E-state index in [0.29, 0.717) is 0 Å². The number of aliphatic hydroxyl groups is 1. The molecule has 240 valence electrons. The van der Waals surface area contributed by atoms with Gasteiger partial charge in [-0.2, -0.15) is 0 Å². The number of fused-ring (bicyclic) bond motifs is 1. The lowest BCUT2D eigenvalue weighted by Crippen LogP contribution is -2.65. The normalized spacial score (nSPS) is 21.8. The summed E-state index contributed by atoms with van der Waals surface area (Å²) in [7, 11) is 1.53. The van der Waals surface area contributed by atoms with Crippen LogP contribution in [0, 0.1) is 0 Å². The fourth-order valence-corrected chi connectivity index (χ4v) is 5.31. The second-order valence-electron chi connectivity index (χ2n) is 10.9. The summed E-state index contributed by atoms with van der Waals surface area (Å²) in [6, 6.07) is 21.3. The summed E-state index contributed by atoms with van der Waals surface area (Å²) in [6.07, 6.45) is 0.880. The molecule has 1 amide bonds. The van der Waals surface area contributed by atoms with Crippen LogP contribution in [-0.2, 0) is 36.8 Å². The van der Waals surface area contributed by atoms with Gasteiger partial charge in [0, 0.05) is 13.5 Å². The van der Waals surface area contributed by atoms with Crippen molar-refractivity contribution < 1.29 is 28.8 Å².